The molecule has 8 N–H and O–H groups in total. The third kappa shape index (κ3) is 27.0. The first-order valence-electron chi connectivity index (χ1n) is 26.6. The minimum Gasteiger partial charge on any atom is -0.444 e. The van der Waals surface area contributed by atoms with Gasteiger partial charge in [-0.15, -0.1) is 0 Å². The van der Waals surface area contributed by atoms with Crippen molar-refractivity contribution in [3.63, 3.8) is 0 Å². The Hall–Kier alpha value is -5.31. The van der Waals surface area contributed by atoms with Crippen LogP contribution in [0.4, 0.5) is 24.0 Å². The lowest BCUT2D eigenvalue weighted by atomic mass is 10.0. The summed E-state index contributed by atoms with van der Waals surface area (Å²) in [5.41, 5.74) is 25.5. The third-order valence-electron chi connectivity index (χ3n) is 11.8. The topological polar surface area (TPSA) is 391 Å². The molecule has 28 heteroatoms. The van der Waals surface area contributed by atoms with Crippen LogP contribution in [0.2, 0.25) is 0 Å². The fourth-order valence-electron chi connectivity index (χ4n) is 7.79. The minimum absolute atomic E-state index is 0.137. The highest BCUT2D eigenvalue weighted by Crippen LogP contribution is 2.31. The Labute approximate surface area is 459 Å². The maximum Gasteiger partial charge on any atom is 0.410 e. The maximum absolute atomic E-state index is 11.8. The number of piperidine rings is 5. The van der Waals surface area contributed by atoms with Crippen molar-refractivity contribution in [3.8, 4) is 0 Å². The van der Waals surface area contributed by atoms with Crippen molar-refractivity contribution in [2.75, 3.05) is 65.4 Å². The molecule has 0 aromatic rings. The number of epoxide rings is 1. The average molecular weight is 1120 g/mol. The van der Waals surface area contributed by atoms with E-state index in [2.05, 4.69) is 20.1 Å². The number of fused-ring (bicyclic) bond motifs is 1. The van der Waals surface area contributed by atoms with E-state index in [1.807, 2.05) is 62.3 Å². The van der Waals surface area contributed by atoms with Crippen LogP contribution in [0.1, 0.15) is 136 Å². The first-order valence-corrected chi connectivity index (χ1v) is 26.6. The lowest BCUT2D eigenvalue weighted by Crippen LogP contribution is -2.53. The third-order valence-corrected chi connectivity index (χ3v) is 11.8. The van der Waals surface area contributed by atoms with Crippen molar-refractivity contribution in [1.82, 2.24) is 24.5 Å². The molecule has 0 saturated carbocycles. The highest BCUT2D eigenvalue weighted by atomic mass is 16.6. The van der Waals surface area contributed by atoms with Gasteiger partial charge in [0.15, 0.2) is 0 Å². The predicted molar refractivity (Wildman–Crippen MR) is 287 cm³/mol. The molecule has 0 aromatic carbocycles. The molecular formula is C50H93N13O15. The maximum atomic E-state index is 11.8. The Morgan fingerprint density at radius 1 is 0.423 bits per heavy atom. The van der Waals surface area contributed by atoms with Crippen LogP contribution < -0.4 is 11.5 Å². The van der Waals surface area contributed by atoms with Gasteiger partial charge in [-0.3, -0.25) is 0 Å². The van der Waals surface area contributed by atoms with Gasteiger partial charge >= 0.3 is 30.5 Å². The number of hydrogen-bond donors (Lipinski definition) is 6. The van der Waals surface area contributed by atoms with Gasteiger partial charge in [-0.25, -0.2) is 24.0 Å². The van der Waals surface area contributed by atoms with Crippen LogP contribution in [0.25, 0.3) is 20.9 Å². The summed E-state index contributed by atoms with van der Waals surface area (Å²) in [4.78, 5) is 71.3. The van der Waals surface area contributed by atoms with Crippen LogP contribution in [-0.2, 0) is 28.4 Å². The van der Waals surface area contributed by atoms with Gasteiger partial charge in [-0.05, 0) is 147 Å². The highest BCUT2D eigenvalue weighted by molar-refractivity contribution is 5.70. The number of nitrogens with two attached hydrogens (primary N) is 2. The standard InChI is InChI=1S/2C10H18N4O3.2C10H20N2O3.C10H17NO3/c1-10(2,3)17-9(16)14-5-4-8(15)7(6-14)12-13-11;1-10(2,3)17-9(16)14-5-4-7(12-13-11)8(15)6-14;1-10(2,3)15-9(14)12-5-4-8(13)7(11)6-12;1-10(2,3)15-9(14)12-5-4-7(11)8(13)6-12;1-10(2,3)14-9(12)11-5-4-7-8(6-11)13-7/h2*7-8,15H,4-6H2,1-3H3;2*7-8,13H,4-6,11H2,1-3H3;7-8H,4-6H2,1-3H3/t4*7-,8-;7-,8+/m01010/s1. The zero-order valence-corrected chi connectivity index (χ0v) is 48.7. The van der Waals surface area contributed by atoms with E-state index in [1.54, 1.807) is 51.3 Å². The molecule has 0 aliphatic carbocycles. The van der Waals surface area contributed by atoms with Crippen molar-refractivity contribution in [2.24, 2.45) is 21.7 Å². The lowest BCUT2D eigenvalue weighted by molar-refractivity contribution is -0.00107. The summed E-state index contributed by atoms with van der Waals surface area (Å²) in [6.07, 6.45) is -0.919. The second kappa shape index (κ2) is 29.8. The van der Waals surface area contributed by atoms with Gasteiger partial charge in [0.1, 0.15) is 34.1 Å². The number of likely N-dealkylation sites (tertiary alicyclic amines) is 5. The lowest BCUT2D eigenvalue weighted by Gasteiger charge is -2.35. The summed E-state index contributed by atoms with van der Waals surface area (Å²) >= 11 is 0. The largest absolute Gasteiger partial charge is 0.444 e. The summed E-state index contributed by atoms with van der Waals surface area (Å²) in [5, 5.41) is 45.2. The molecule has 0 bridgehead atoms. The second-order valence-electron chi connectivity index (χ2n) is 24.9. The number of nitrogens with zero attached hydrogens (tertiary/aromatic N) is 11. The molecule has 6 saturated heterocycles. The summed E-state index contributed by atoms with van der Waals surface area (Å²) in [6.45, 7) is 31.6. The molecular weight excluding hydrogens is 1020 g/mol. The van der Waals surface area contributed by atoms with Gasteiger partial charge < -0.3 is 84.8 Å². The molecule has 78 heavy (non-hydrogen) atoms. The van der Waals surface area contributed by atoms with Crippen LogP contribution in [0.5, 0.6) is 0 Å². The molecule has 0 radical (unpaired) electrons. The Balaban J connectivity index is 0.000000334. The quantitative estimate of drug-likeness (QED) is 0.0666. The molecule has 6 aliphatic rings. The van der Waals surface area contributed by atoms with Crippen LogP contribution >= 0.6 is 0 Å². The minimum atomic E-state index is -0.827. The zero-order valence-electron chi connectivity index (χ0n) is 48.7. The predicted octanol–water partition coefficient (Wildman–Crippen LogP) is 5.36. The second-order valence-corrected chi connectivity index (χ2v) is 24.9. The SMILES string of the molecule is CC(C)(C)OC(=O)N1CC[C@@H](N)[C@H](O)C1.CC(C)(C)OC(=O)N1CC[C@@H](N=[N+]=[N-])[C@H](O)C1.CC(C)(C)OC(=O)N1CC[C@@H]2O[C@@H]2C1.CC(C)(C)OC(=O)N1CC[C@H](O)[C@@H](N)C1.CC(C)(C)OC(=O)N1CC[C@H](O)[C@@H](N=[N+]=[N-])C1. The molecule has 6 rings (SSSR count). The summed E-state index contributed by atoms with van der Waals surface area (Å²) in [7, 11) is 0. The Morgan fingerprint density at radius 2 is 0.756 bits per heavy atom. The number of ether oxygens (including phenoxy) is 6. The highest BCUT2D eigenvalue weighted by Gasteiger charge is 2.45. The van der Waals surface area contributed by atoms with Gasteiger partial charge in [-0.2, -0.15) is 0 Å². The molecule has 6 heterocycles. The smallest absolute Gasteiger partial charge is 0.410 e. The van der Waals surface area contributed by atoms with E-state index in [0.717, 1.165) is 13.0 Å². The number of carbonyl (C=O) groups excluding carboxylic acids is 5. The van der Waals surface area contributed by atoms with Crippen molar-refractivity contribution >= 4 is 30.5 Å². The molecule has 6 aliphatic heterocycles. The number of azide groups is 2. The number of aliphatic hydroxyl groups excluding tert-OH is 4. The van der Waals surface area contributed by atoms with E-state index in [1.165, 1.54) is 14.7 Å². The van der Waals surface area contributed by atoms with Crippen molar-refractivity contribution < 1.29 is 72.8 Å². The van der Waals surface area contributed by atoms with E-state index in [9.17, 15) is 44.4 Å². The van der Waals surface area contributed by atoms with Gasteiger partial charge in [0, 0.05) is 67.7 Å². The molecule has 0 aromatic heterocycles. The van der Waals surface area contributed by atoms with E-state index < -0.39 is 76.7 Å². The number of hydrogen-bond acceptors (Lipinski definition) is 19. The molecule has 0 spiro atoms. The number of amides is 5. The first-order chi connectivity index (χ1) is 35.7. The number of β-amino-alcohol motifs (C(OH)–C–C–N with tert-alkyl or cyclic N) is 2. The fourth-order valence-corrected chi connectivity index (χ4v) is 7.79. The molecule has 10 atom stereocenters. The van der Waals surface area contributed by atoms with Crippen molar-refractivity contribution in [2.45, 2.75) is 225 Å². The Morgan fingerprint density at radius 3 is 1.13 bits per heavy atom. The molecule has 28 nitrogen and oxygen atoms in total. The van der Waals surface area contributed by atoms with Crippen LogP contribution in [-0.4, -0.2) is 230 Å². The van der Waals surface area contributed by atoms with E-state index in [-0.39, 0.29) is 56.1 Å². The van der Waals surface area contributed by atoms with E-state index in [4.69, 9.17) is 51.0 Å². The van der Waals surface area contributed by atoms with Crippen LogP contribution in [0.3, 0.4) is 0 Å². The van der Waals surface area contributed by atoms with Gasteiger partial charge in [0.2, 0.25) is 0 Å². The van der Waals surface area contributed by atoms with Gasteiger partial charge in [-0.1, -0.05) is 10.2 Å². The van der Waals surface area contributed by atoms with E-state index in [0.29, 0.717) is 71.1 Å². The summed E-state index contributed by atoms with van der Waals surface area (Å²) in [6, 6.07) is -1.66. The Kier molecular flexibility index (Phi) is 26.3. The van der Waals surface area contributed by atoms with Crippen LogP contribution in [0.15, 0.2) is 10.2 Å². The number of aliphatic hydroxyl groups is 4. The zero-order chi connectivity index (χ0) is 59.7. The van der Waals surface area contributed by atoms with Gasteiger partial charge in [0.05, 0.1) is 62.2 Å². The van der Waals surface area contributed by atoms with Crippen LogP contribution in [0, 0.1) is 0 Å². The number of carbonyl (C=O) groups is 5. The molecule has 448 valence electrons. The van der Waals surface area contributed by atoms with Crippen molar-refractivity contribution in [3.05, 3.63) is 20.9 Å². The van der Waals surface area contributed by atoms with Gasteiger partial charge in [0.25, 0.3) is 0 Å². The average Bonchev–Trinajstić information content (AvgIpc) is 4.07. The molecule has 6 fully saturated rings. The van der Waals surface area contributed by atoms with Crippen molar-refractivity contribution in [1.29, 1.82) is 0 Å². The van der Waals surface area contributed by atoms with E-state index >= 15 is 0 Å². The summed E-state index contributed by atoms with van der Waals surface area (Å²) in [5.74, 6) is 0. The fraction of sp³-hybridized carbons (Fsp3) is 0.900. The Bertz CT molecular complexity index is 1990. The molecule has 5 amide bonds. The molecule has 0 unspecified atom stereocenters. The monoisotopic (exact) mass is 1120 g/mol. The summed E-state index contributed by atoms with van der Waals surface area (Å²) < 4.78 is 31.4. The normalized spacial score (nSPS) is 27.1. The first kappa shape index (κ1) is 68.8. The number of rotatable bonds is 2.